The van der Waals surface area contributed by atoms with Crippen LogP contribution >= 0.6 is 30.5 Å². The number of carbonyl (C=O) groups is 4. The van der Waals surface area contributed by atoms with Crippen LogP contribution in [-0.2, 0) is 25.5 Å². The predicted molar refractivity (Wildman–Crippen MR) is 214 cm³/mol. The Morgan fingerprint density at radius 2 is 1.80 bits per heavy atom. The molecule has 1 aromatic heterocycles. The van der Waals surface area contributed by atoms with E-state index in [1.165, 1.54) is 22.9 Å². The summed E-state index contributed by atoms with van der Waals surface area (Å²) in [7, 11) is -0.984. The van der Waals surface area contributed by atoms with Crippen molar-refractivity contribution in [3.8, 4) is 5.75 Å². The molecule has 3 aromatic carbocycles. The summed E-state index contributed by atoms with van der Waals surface area (Å²) in [6.45, 7) is 6.02. The van der Waals surface area contributed by atoms with Crippen molar-refractivity contribution in [2.75, 3.05) is 67.9 Å². The fourth-order valence-electron chi connectivity index (χ4n) is 6.93. The van der Waals surface area contributed by atoms with Gasteiger partial charge in [0.2, 0.25) is 23.7 Å². The number of benzene rings is 3. The molecular formula is C38H40ClN8O6PS. The molecule has 17 heteroatoms. The zero-order valence-corrected chi connectivity index (χ0v) is 33.0. The van der Waals surface area contributed by atoms with E-state index in [0.29, 0.717) is 71.4 Å². The molecule has 4 aromatic rings. The maximum Gasteiger partial charge on any atom is 0.255 e. The third-order valence-electron chi connectivity index (χ3n) is 9.80. The summed E-state index contributed by atoms with van der Waals surface area (Å²) in [5.74, 6) is 0.431. The molecule has 14 nitrogen and oxygen atoms in total. The second kappa shape index (κ2) is 15.9. The van der Waals surface area contributed by atoms with Crippen molar-refractivity contribution in [2.45, 2.75) is 30.3 Å². The standard InChI is InChI=1S/C38H40ClN8O6PS/c1-53-30-19-23(11-12-27(30)42-38-40-20-26(39)35(44-38)41-28-8-4-5-9-31(28)54(2,3)52)45-15-17-46(18-16-45)34(49)22-55-32-10-6-7-24-25(32)21-47(37(24)51)29-13-14-33(48)43-36(29)50/h4-12,19-20,29H,13-18,21-22H2,1-3H3,(H,43,48,50)(H2,40,41,42,44). The Bertz CT molecular complexity index is 2230. The normalized spacial score (nSPS) is 17.2. The van der Waals surface area contributed by atoms with E-state index in [1.54, 1.807) is 32.6 Å². The highest BCUT2D eigenvalue weighted by Crippen LogP contribution is 2.39. The highest BCUT2D eigenvalue weighted by molar-refractivity contribution is 8.00. The number of carbonyl (C=O) groups excluding carboxylic acids is 4. The smallest absolute Gasteiger partial charge is 0.255 e. The van der Waals surface area contributed by atoms with E-state index in [1.807, 2.05) is 53.4 Å². The predicted octanol–water partition coefficient (Wildman–Crippen LogP) is 5.08. The maximum absolute atomic E-state index is 13.4. The number of imide groups is 1. The summed E-state index contributed by atoms with van der Waals surface area (Å²) >= 11 is 7.84. The number of amides is 4. The number of ether oxygens (including phenoxy) is 1. The van der Waals surface area contributed by atoms with Crippen molar-refractivity contribution in [3.05, 3.63) is 83.0 Å². The number of nitrogens with one attached hydrogen (secondary N) is 3. The summed E-state index contributed by atoms with van der Waals surface area (Å²) in [6.07, 6.45) is 1.98. The molecule has 1 unspecified atom stereocenters. The van der Waals surface area contributed by atoms with Gasteiger partial charge in [-0.15, -0.1) is 11.8 Å². The SMILES string of the molecule is COc1cc(N2CCN(C(=O)CSc3cccc4c3CN(C3CCC(=O)NC3=O)C4=O)CC2)ccc1Nc1ncc(Cl)c(Nc2ccccc2P(C)(C)=O)n1. The lowest BCUT2D eigenvalue weighted by atomic mass is 10.0. The summed E-state index contributed by atoms with van der Waals surface area (Å²) in [4.78, 5) is 66.0. The summed E-state index contributed by atoms with van der Waals surface area (Å²) in [6, 6.07) is 17.9. The molecule has 3 aliphatic rings. The fourth-order valence-corrected chi connectivity index (χ4v) is 9.21. The Morgan fingerprint density at radius 1 is 1.02 bits per heavy atom. The largest absolute Gasteiger partial charge is 0.494 e. The van der Waals surface area contributed by atoms with Gasteiger partial charge in [-0.3, -0.25) is 24.5 Å². The lowest BCUT2D eigenvalue weighted by Gasteiger charge is -2.36. The van der Waals surface area contributed by atoms with Gasteiger partial charge < -0.3 is 34.6 Å². The van der Waals surface area contributed by atoms with E-state index >= 15 is 0 Å². The third-order valence-corrected chi connectivity index (χ3v) is 12.7. The second-order valence-corrected chi connectivity index (χ2v) is 18.3. The molecule has 286 valence electrons. The van der Waals surface area contributed by atoms with E-state index in [-0.39, 0.29) is 42.4 Å². The number of piperidine rings is 1. The molecule has 4 heterocycles. The minimum atomic E-state index is -2.57. The Kier molecular flexibility index (Phi) is 11.1. The van der Waals surface area contributed by atoms with Crippen LogP contribution in [0.3, 0.4) is 0 Å². The number of para-hydroxylation sites is 1. The van der Waals surface area contributed by atoms with Crippen molar-refractivity contribution in [1.82, 2.24) is 25.1 Å². The first-order chi connectivity index (χ1) is 26.4. The number of hydrogen-bond donors (Lipinski definition) is 3. The van der Waals surface area contributed by atoms with Gasteiger partial charge >= 0.3 is 0 Å². The molecule has 1 atom stereocenters. The van der Waals surface area contributed by atoms with Crippen LogP contribution in [0.1, 0.15) is 28.8 Å². The zero-order chi connectivity index (χ0) is 38.9. The molecule has 0 radical (unpaired) electrons. The van der Waals surface area contributed by atoms with Crippen molar-refractivity contribution in [2.24, 2.45) is 0 Å². The average molecular weight is 803 g/mol. The number of methoxy groups -OCH3 is 1. The highest BCUT2D eigenvalue weighted by Gasteiger charge is 2.40. The van der Waals surface area contributed by atoms with Gasteiger partial charge in [-0.2, -0.15) is 4.98 Å². The topological polar surface area (TPSA) is 166 Å². The maximum atomic E-state index is 13.4. The minimum absolute atomic E-state index is 0.00411. The number of thioether (sulfide) groups is 1. The molecule has 55 heavy (non-hydrogen) atoms. The lowest BCUT2D eigenvalue weighted by Crippen LogP contribution is -2.52. The molecule has 0 spiro atoms. The van der Waals surface area contributed by atoms with Crippen LogP contribution in [0.5, 0.6) is 5.75 Å². The number of anilines is 5. The molecule has 3 aliphatic heterocycles. The molecule has 7 rings (SSSR count). The van der Waals surface area contributed by atoms with Gasteiger partial charge in [0.1, 0.15) is 24.0 Å². The first kappa shape index (κ1) is 38.2. The van der Waals surface area contributed by atoms with Gasteiger partial charge in [-0.25, -0.2) is 4.98 Å². The Hall–Kier alpha value is -5.11. The Balaban J connectivity index is 0.949. The first-order valence-electron chi connectivity index (χ1n) is 17.7. The average Bonchev–Trinajstić information content (AvgIpc) is 3.51. The summed E-state index contributed by atoms with van der Waals surface area (Å²) in [5.41, 5.74) is 3.57. The van der Waals surface area contributed by atoms with Gasteiger partial charge in [-0.1, -0.05) is 29.8 Å². The van der Waals surface area contributed by atoms with Gasteiger partial charge in [0, 0.05) is 66.7 Å². The molecular weight excluding hydrogens is 763 g/mol. The van der Waals surface area contributed by atoms with Crippen LogP contribution < -0.4 is 30.9 Å². The monoisotopic (exact) mass is 802 g/mol. The summed E-state index contributed by atoms with van der Waals surface area (Å²) < 4.78 is 18.6. The van der Waals surface area contributed by atoms with E-state index in [9.17, 15) is 23.7 Å². The number of hydrogen-bond acceptors (Lipinski definition) is 12. The van der Waals surface area contributed by atoms with Crippen LogP contribution in [0.2, 0.25) is 5.02 Å². The third kappa shape index (κ3) is 8.29. The van der Waals surface area contributed by atoms with Crippen LogP contribution in [-0.4, -0.2) is 102 Å². The van der Waals surface area contributed by atoms with Crippen LogP contribution in [0.15, 0.2) is 71.8 Å². The van der Waals surface area contributed by atoms with E-state index < -0.39 is 19.1 Å². The van der Waals surface area contributed by atoms with E-state index in [4.69, 9.17) is 16.3 Å². The van der Waals surface area contributed by atoms with Gasteiger partial charge in [0.05, 0.1) is 30.4 Å². The van der Waals surface area contributed by atoms with Gasteiger partial charge in [0.25, 0.3) is 5.91 Å². The molecule has 2 saturated heterocycles. The number of aromatic nitrogens is 2. The Labute approximate surface area is 327 Å². The molecule has 4 amide bonds. The lowest BCUT2D eigenvalue weighted by molar-refractivity contribution is -0.137. The number of piperazine rings is 1. The highest BCUT2D eigenvalue weighted by atomic mass is 35.5. The van der Waals surface area contributed by atoms with Crippen LogP contribution in [0.25, 0.3) is 0 Å². The van der Waals surface area contributed by atoms with Gasteiger partial charge in [-0.05, 0) is 61.7 Å². The van der Waals surface area contributed by atoms with Crippen molar-refractivity contribution < 1.29 is 28.5 Å². The summed E-state index contributed by atoms with van der Waals surface area (Å²) in [5, 5.41) is 9.76. The first-order valence-corrected chi connectivity index (χ1v) is 21.7. The second-order valence-electron chi connectivity index (χ2n) is 13.7. The number of rotatable bonds is 11. The zero-order valence-electron chi connectivity index (χ0n) is 30.5. The van der Waals surface area contributed by atoms with Crippen molar-refractivity contribution in [1.29, 1.82) is 0 Å². The molecule has 0 bridgehead atoms. The van der Waals surface area contributed by atoms with Crippen LogP contribution in [0.4, 0.5) is 28.8 Å². The van der Waals surface area contributed by atoms with Crippen LogP contribution in [0, 0.1) is 0 Å². The molecule has 0 saturated carbocycles. The minimum Gasteiger partial charge on any atom is -0.494 e. The van der Waals surface area contributed by atoms with Crippen molar-refractivity contribution >= 4 is 88.3 Å². The Morgan fingerprint density at radius 3 is 2.55 bits per heavy atom. The quantitative estimate of drug-likeness (QED) is 0.105. The van der Waals surface area contributed by atoms with Crippen molar-refractivity contribution in [3.63, 3.8) is 0 Å². The van der Waals surface area contributed by atoms with E-state index in [2.05, 4.69) is 30.8 Å². The molecule has 0 aliphatic carbocycles. The van der Waals surface area contributed by atoms with E-state index in [0.717, 1.165) is 16.1 Å². The van der Waals surface area contributed by atoms with Gasteiger partial charge in [0.15, 0.2) is 5.82 Å². The molecule has 2 fully saturated rings. The number of fused-ring (bicyclic) bond motifs is 1. The number of nitrogens with zero attached hydrogens (tertiary/aromatic N) is 5. The fraction of sp³-hybridized carbons (Fsp3) is 0.316. The number of halogens is 1. The molecule has 3 N–H and O–H groups in total.